The Labute approximate surface area is 140 Å². The van der Waals surface area contributed by atoms with Gasteiger partial charge in [-0.05, 0) is 25.0 Å². The van der Waals surface area contributed by atoms with E-state index in [-0.39, 0.29) is 18.4 Å². The van der Waals surface area contributed by atoms with Gasteiger partial charge in [-0.15, -0.1) is 0 Å². The molecule has 1 aromatic rings. The molecule has 1 atom stereocenters. The first-order chi connectivity index (χ1) is 10.8. The van der Waals surface area contributed by atoms with E-state index >= 15 is 0 Å². The summed E-state index contributed by atoms with van der Waals surface area (Å²) >= 11 is 5.95. The van der Waals surface area contributed by atoms with Gasteiger partial charge in [0.25, 0.3) is 0 Å². The van der Waals surface area contributed by atoms with Crippen LogP contribution >= 0.6 is 11.6 Å². The molecule has 124 valence electrons. The molecular weight excluding hydrogens is 320 g/mol. The Kier molecular flexibility index (Phi) is 7.48. The van der Waals surface area contributed by atoms with Crippen LogP contribution in [-0.4, -0.2) is 24.0 Å². The molecule has 0 fully saturated rings. The van der Waals surface area contributed by atoms with Crippen molar-refractivity contribution in [2.75, 3.05) is 0 Å². The van der Waals surface area contributed by atoms with Crippen LogP contribution in [0, 0.1) is 0 Å². The van der Waals surface area contributed by atoms with Crippen LogP contribution in [0.4, 0.5) is 0 Å². The van der Waals surface area contributed by atoms with Gasteiger partial charge in [-0.3, -0.25) is 4.79 Å². The van der Waals surface area contributed by atoms with Crippen molar-refractivity contribution in [1.29, 1.82) is 0 Å². The Morgan fingerprint density at radius 2 is 1.91 bits per heavy atom. The van der Waals surface area contributed by atoms with Gasteiger partial charge in [0.1, 0.15) is 0 Å². The summed E-state index contributed by atoms with van der Waals surface area (Å²) < 4.78 is 9.76. The monoisotopic (exact) mass is 338 g/mol. The largest absolute Gasteiger partial charge is 0.447 e. The summed E-state index contributed by atoms with van der Waals surface area (Å²) in [5.74, 6) is -2.34. The minimum atomic E-state index is -1.13. The van der Waals surface area contributed by atoms with Crippen LogP contribution in [-0.2, 0) is 30.3 Å². The van der Waals surface area contributed by atoms with Gasteiger partial charge in [0, 0.05) is 10.6 Å². The number of rotatable bonds is 7. The summed E-state index contributed by atoms with van der Waals surface area (Å²) in [6.07, 6.45) is -0.419. The fraction of sp³-hybridized carbons (Fsp3) is 0.353. The van der Waals surface area contributed by atoms with Crippen molar-refractivity contribution in [2.45, 2.75) is 39.2 Å². The van der Waals surface area contributed by atoms with E-state index in [0.717, 1.165) is 0 Å². The molecule has 5 nitrogen and oxygen atoms in total. The fourth-order valence-electron chi connectivity index (χ4n) is 1.73. The zero-order valence-corrected chi connectivity index (χ0v) is 13.9. The van der Waals surface area contributed by atoms with Crippen molar-refractivity contribution < 1.29 is 23.9 Å². The first kappa shape index (κ1) is 18.9. The highest BCUT2D eigenvalue weighted by Crippen LogP contribution is 2.16. The first-order valence-corrected chi connectivity index (χ1v) is 7.57. The van der Waals surface area contributed by atoms with E-state index in [2.05, 4.69) is 6.58 Å². The van der Waals surface area contributed by atoms with Crippen LogP contribution in [0.3, 0.4) is 0 Å². The molecule has 0 amide bonds. The number of benzene rings is 1. The number of hydrogen-bond acceptors (Lipinski definition) is 5. The van der Waals surface area contributed by atoms with Gasteiger partial charge in [0.2, 0.25) is 0 Å². The Balaban J connectivity index is 2.66. The quantitative estimate of drug-likeness (QED) is 0.433. The van der Waals surface area contributed by atoms with Crippen LogP contribution < -0.4 is 0 Å². The van der Waals surface area contributed by atoms with Crippen LogP contribution in [0.15, 0.2) is 36.4 Å². The summed E-state index contributed by atoms with van der Waals surface area (Å²) in [5, 5.41) is 0.413. The van der Waals surface area contributed by atoms with Crippen LogP contribution in [0.1, 0.15) is 32.3 Å². The van der Waals surface area contributed by atoms with E-state index in [0.29, 0.717) is 17.0 Å². The molecule has 0 aliphatic carbocycles. The second-order valence-electron chi connectivity index (χ2n) is 5.02. The van der Waals surface area contributed by atoms with E-state index in [1.54, 1.807) is 24.3 Å². The van der Waals surface area contributed by atoms with Gasteiger partial charge in [0.15, 0.2) is 6.10 Å². The molecule has 1 unspecified atom stereocenters. The number of esters is 3. The Bertz CT molecular complexity index is 609. The predicted molar refractivity (Wildman–Crippen MR) is 85.9 cm³/mol. The molecule has 6 heteroatoms. The summed E-state index contributed by atoms with van der Waals surface area (Å²) in [6.45, 7) is 6.74. The molecule has 1 rings (SSSR count). The molecule has 0 spiro atoms. The molecule has 0 bridgehead atoms. The van der Waals surface area contributed by atoms with Gasteiger partial charge >= 0.3 is 17.9 Å². The molecule has 0 aliphatic rings. The van der Waals surface area contributed by atoms with Crippen molar-refractivity contribution in [2.24, 2.45) is 0 Å². The van der Waals surface area contributed by atoms with Crippen molar-refractivity contribution in [3.8, 4) is 0 Å². The number of hydrogen-bond donors (Lipinski definition) is 0. The molecule has 0 N–H and O–H groups in total. The minimum Gasteiger partial charge on any atom is -0.447 e. The minimum absolute atomic E-state index is 0.140. The van der Waals surface area contributed by atoms with Crippen LogP contribution in [0.5, 0.6) is 0 Å². The third kappa shape index (κ3) is 6.24. The molecule has 0 aliphatic heterocycles. The van der Waals surface area contributed by atoms with E-state index in [1.807, 2.05) is 6.92 Å². The first-order valence-electron chi connectivity index (χ1n) is 7.19. The third-order valence-corrected chi connectivity index (χ3v) is 3.29. The molecule has 1 aromatic carbocycles. The number of ether oxygens (including phenoxy) is 2. The summed E-state index contributed by atoms with van der Waals surface area (Å²) in [5.41, 5.74) is 0.722. The van der Waals surface area contributed by atoms with Gasteiger partial charge < -0.3 is 9.47 Å². The van der Waals surface area contributed by atoms with E-state index < -0.39 is 24.0 Å². The smallest absolute Gasteiger partial charge is 0.355 e. The zero-order valence-electron chi connectivity index (χ0n) is 13.1. The lowest BCUT2D eigenvalue weighted by molar-refractivity contribution is -0.172. The lowest BCUT2D eigenvalue weighted by Gasteiger charge is -2.15. The highest BCUT2D eigenvalue weighted by molar-refractivity contribution is 6.31. The second-order valence-corrected chi connectivity index (χ2v) is 5.43. The Hall–Kier alpha value is -2.14. The maximum absolute atomic E-state index is 12.0. The molecule has 0 heterocycles. The fourth-order valence-corrected chi connectivity index (χ4v) is 1.93. The van der Waals surface area contributed by atoms with Gasteiger partial charge in [0.05, 0.1) is 6.42 Å². The van der Waals surface area contributed by atoms with Crippen molar-refractivity contribution in [3.63, 3.8) is 0 Å². The van der Waals surface area contributed by atoms with Gasteiger partial charge in [-0.25, -0.2) is 9.59 Å². The molecule has 0 aromatic heterocycles. The van der Waals surface area contributed by atoms with Gasteiger partial charge in [-0.2, -0.15) is 0 Å². The summed E-state index contributed by atoms with van der Waals surface area (Å²) in [7, 11) is 0. The molecular formula is C17H19ClO5. The number of carbonyl (C=O) groups excluding carboxylic acids is 3. The zero-order chi connectivity index (χ0) is 17.4. The predicted octanol–water partition coefficient (Wildman–Crippen LogP) is 3.24. The molecule has 0 saturated carbocycles. The maximum atomic E-state index is 12.0. The topological polar surface area (TPSA) is 69.7 Å². The van der Waals surface area contributed by atoms with E-state index in [9.17, 15) is 14.4 Å². The third-order valence-electron chi connectivity index (χ3n) is 2.92. The normalized spacial score (nSPS) is 11.4. The van der Waals surface area contributed by atoms with Crippen LogP contribution in [0.25, 0.3) is 0 Å². The van der Waals surface area contributed by atoms with E-state index in [4.69, 9.17) is 21.1 Å². The standard InChI is InChI=1S/C17H19ClO5/c1-4-7-14(22-16(20)11(2)3)17(21)23-15(19)10-12-8-5-6-9-13(12)18/h5-6,8-9,14H,2,4,7,10H2,1,3H3. The molecule has 0 radical (unpaired) electrons. The molecule has 0 saturated heterocycles. The van der Waals surface area contributed by atoms with Gasteiger partial charge in [-0.1, -0.05) is 49.7 Å². The summed E-state index contributed by atoms with van der Waals surface area (Å²) in [4.78, 5) is 35.4. The Morgan fingerprint density at radius 3 is 2.48 bits per heavy atom. The highest BCUT2D eigenvalue weighted by Gasteiger charge is 2.26. The molecule has 23 heavy (non-hydrogen) atoms. The maximum Gasteiger partial charge on any atom is 0.355 e. The van der Waals surface area contributed by atoms with E-state index in [1.165, 1.54) is 6.92 Å². The number of carbonyl (C=O) groups is 3. The SMILES string of the molecule is C=C(C)C(=O)OC(CCC)C(=O)OC(=O)Cc1ccccc1Cl. The summed E-state index contributed by atoms with van der Waals surface area (Å²) in [6, 6.07) is 6.76. The van der Waals surface area contributed by atoms with Crippen LogP contribution in [0.2, 0.25) is 5.02 Å². The number of halogens is 1. The lowest BCUT2D eigenvalue weighted by atomic mass is 10.1. The van der Waals surface area contributed by atoms with Crippen molar-refractivity contribution in [1.82, 2.24) is 0 Å². The second kappa shape index (κ2) is 9.10. The lowest BCUT2D eigenvalue weighted by Crippen LogP contribution is -2.31. The van der Waals surface area contributed by atoms with Crippen molar-refractivity contribution in [3.05, 3.63) is 47.0 Å². The Morgan fingerprint density at radius 1 is 1.26 bits per heavy atom. The highest BCUT2D eigenvalue weighted by atomic mass is 35.5. The average molecular weight is 339 g/mol. The average Bonchev–Trinajstić information content (AvgIpc) is 2.48. The van der Waals surface area contributed by atoms with Crippen molar-refractivity contribution >= 4 is 29.5 Å².